The molecule has 0 bridgehead atoms. The summed E-state index contributed by atoms with van der Waals surface area (Å²) in [5.74, 6) is -0.181. The Balaban J connectivity index is 1.68. The van der Waals surface area contributed by atoms with Gasteiger partial charge in [0.25, 0.3) is 15.9 Å². The highest BCUT2D eigenvalue weighted by Crippen LogP contribution is 2.28. The number of nitrogens with zero attached hydrogens (tertiary/aromatic N) is 3. The molecule has 0 aliphatic carbocycles. The summed E-state index contributed by atoms with van der Waals surface area (Å²) in [5, 5.41) is 0.512. The molecule has 0 saturated carbocycles. The zero-order valence-corrected chi connectivity index (χ0v) is 17.7. The number of aromatic nitrogens is 2. The van der Waals surface area contributed by atoms with Crippen molar-refractivity contribution in [2.45, 2.75) is 24.3 Å². The number of hydrogen-bond acceptors (Lipinski definition) is 4. The number of sulfonamides is 1. The zero-order chi connectivity index (χ0) is 21.1. The molecule has 2 aromatic heterocycles. The van der Waals surface area contributed by atoms with Crippen LogP contribution < -0.4 is 4.31 Å². The Kier molecular flexibility index (Phi) is 5.78. The molecule has 1 N–H and O–H groups in total. The Morgan fingerprint density at radius 3 is 2.57 bits per heavy atom. The van der Waals surface area contributed by atoms with Crippen LogP contribution in [0.5, 0.6) is 0 Å². The summed E-state index contributed by atoms with van der Waals surface area (Å²) in [5.41, 5.74) is 1.48. The third kappa shape index (κ3) is 4.20. The van der Waals surface area contributed by atoms with Gasteiger partial charge in [-0.25, -0.2) is 8.42 Å². The van der Waals surface area contributed by atoms with Gasteiger partial charge < -0.3 is 9.88 Å². The molecule has 7 nitrogen and oxygen atoms in total. The summed E-state index contributed by atoms with van der Waals surface area (Å²) in [4.78, 5) is 21.3. The van der Waals surface area contributed by atoms with E-state index in [-0.39, 0.29) is 23.0 Å². The third-order valence-corrected chi connectivity index (χ3v) is 7.04. The monoisotopic (exact) mass is 444 g/mol. The maximum atomic E-state index is 13.5. The number of benzene rings is 1. The average Bonchev–Trinajstić information content (AvgIpc) is 3.46. The maximum absolute atomic E-state index is 13.5. The molecule has 1 aromatic carbocycles. The van der Waals surface area contributed by atoms with Crippen molar-refractivity contribution >= 4 is 33.2 Å². The van der Waals surface area contributed by atoms with Crippen LogP contribution in [0.3, 0.4) is 0 Å². The molecule has 9 heteroatoms. The van der Waals surface area contributed by atoms with E-state index in [1.807, 2.05) is 6.07 Å². The number of H-pyrrole nitrogens is 1. The van der Waals surface area contributed by atoms with Gasteiger partial charge in [-0.05, 0) is 54.8 Å². The van der Waals surface area contributed by atoms with Gasteiger partial charge in [0.2, 0.25) is 0 Å². The molecule has 1 aliphatic rings. The molecule has 4 rings (SSSR count). The van der Waals surface area contributed by atoms with Crippen LogP contribution in [0.4, 0.5) is 5.69 Å². The summed E-state index contributed by atoms with van der Waals surface area (Å²) in [7, 11) is -3.94. The minimum absolute atomic E-state index is 0.0314. The first-order chi connectivity index (χ1) is 14.4. The minimum atomic E-state index is -3.94. The lowest BCUT2D eigenvalue weighted by molar-refractivity contribution is 0.0787. The second-order valence-electron chi connectivity index (χ2n) is 7.10. The van der Waals surface area contributed by atoms with Gasteiger partial charge in [0.15, 0.2) is 0 Å². The van der Waals surface area contributed by atoms with Crippen LogP contribution in [0.2, 0.25) is 5.02 Å². The number of carbonyl (C=O) groups excluding carboxylic acids is 1. The molecule has 1 fully saturated rings. The minimum Gasteiger partial charge on any atom is -0.356 e. The summed E-state index contributed by atoms with van der Waals surface area (Å²) >= 11 is 5.98. The van der Waals surface area contributed by atoms with E-state index < -0.39 is 10.0 Å². The number of carbonyl (C=O) groups is 1. The topological polar surface area (TPSA) is 86.4 Å². The maximum Gasteiger partial charge on any atom is 0.270 e. The molecule has 0 spiro atoms. The van der Waals surface area contributed by atoms with E-state index in [2.05, 4.69) is 9.97 Å². The van der Waals surface area contributed by atoms with E-state index >= 15 is 0 Å². The summed E-state index contributed by atoms with van der Waals surface area (Å²) in [6.45, 7) is 1.48. The number of rotatable bonds is 6. The van der Waals surface area contributed by atoms with Crippen LogP contribution in [0.25, 0.3) is 0 Å². The van der Waals surface area contributed by atoms with Gasteiger partial charge in [-0.1, -0.05) is 17.7 Å². The lowest BCUT2D eigenvalue weighted by atomic mass is 10.2. The number of nitrogens with one attached hydrogen (secondary N) is 1. The Morgan fingerprint density at radius 1 is 1.17 bits per heavy atom. The van der Waals surface area contributed by atoms with Crippen LogP contribution in [-0.2, 0) is 16.6 Å². The van der Waals surface area contributed by atoms with Crippen molar-refractivity contribution in [2.24, 2.45) is 0 Å². The highest BCUT2D eigenvalue weighted by atomic mass is 35.5. The fourth-order valence-electron chi connectivity index (χ4n) is 3.44. The lowest BCUT2D eigenvalue weighted by Crippen LogP contribution is -2.30. The second kappa shape index (κ2) is 8.49. The van der Waals surface area contributed by atoms with E-state index in [9.17, 15) is 13.2 Å². The Bertz CT molecular complexity index is 1120. The number of likely N-dealkylation sites (tertiary alicyclic amines) is 1. The number of amides is 1. The number of hydrogen-bond donors (Lipinski definition) is 1. The average molecular weight is 445 g/mol. The van der Waals surface area contributed by atoms with Gasteiger partial charge in [0.1, 0.15) is 10.6 Å². The van der Waals surface area contributed by atoms with Crippen molar-refractivity contribution < 1.29 is 13.2 Å². The van der Waals surface area contributed by atoms with E-state index in [1.54, 1.807) is 47.6 Å². The molecule has 0 radical (unpaired) electrons. The fraction of sp³-hybridized carbons (Fsp3) is 0.238. The van der Waals surface area contributed by atoms with Crippen molar-refractivity contribution in [1.29, 1.82) is 0 Å². The van der Waals surface area contributed by atoms with E-state index in [4.69, 9.17) is 11.6 Å². The van der Waals surface area contributed by atoms with Crippen molar-refractivity contribution in [3.05, 3.63) is 77.3 Å². The molecule has 0 unspecified atom stereocenters. The van der Waals surface area contributed by atoms with Gasteiger partial charge in [0, 0.05) is 36.7 Å². The number of halogens is 1. The van der Waals surface area contributed by atoms with Crippen LogP contribution in [0.1, 0.15) is 28.9 Å². The number of pyridine rings is 1. The number of aromatic amines is 1. The summed E-state index contributed by atoms with van der Waals surface area (Å²) < 4.78 is 28.3. The van der Waals surface area contributed by atoms with Gasteiger partial charge in [0.05, 0.1) is 12.2 Å². The Hall–Kier alpha value is -2.84. The molecular formula is C21H21ClN4O3S. The van der Waals surface area contributed by atoms with Gasteiger partial charge in [-0.15, -0.1) is 0 Å². The van der Waals surface area contributed by atoms with Crippen molar-refractivity contribution in [3.63, 3.8) is 0 Å². The van der Waals surface area contributed by atoms with Crippen molar-refractivity contribution in [1.82, 2.24) is 14.9 Å². The van der Waals surface area contributed by atoms with Gasteiger partial charge >= 0.3 is 0 Å². The highest BCUT2D eigenvalue weighted by Gasteiger charge is 2.29. The molecule has 30 heavy (non-hydrogen) atoms. The largest absolute Gasteiger partial charge is 0.356 e. The highest BCUT2D eigenvalue weighted by molar-refractivity contribution is 7.92. The first-order valence-electron chi connectivity index (χ1n) is 9.60. The van der Waals surface area contributed by atoms with Crippen LogP contribution in [0, 0.1) is 0 Å². The molecule has 156 valence electrons. The molecule has 0 atom stereocenters. The SMILES string of the molecule is O=C(c1cc(S(=O)(=O)N(Cc2cccnc2)c2ccc(Cl)cc2)c[nH]1)N1CCCC1. The Labute approximate surface area is 180 Å². The number of anilines is 1. The lowest BCUT2D eigenvalue weighted by Gasteiger charge is -2.24. The first-order valence-corrected chi connectivity index (χ1v) is 11.4. The Morgan fingerprint density at radius 2 is 1.90 bits per heavy atom. The molecule has 3 heterocycles. The third-order valence-electron chi connectivity index (χ3n) is 5.03. The smallest absolute Gasteiger partial charge is 0.270 e. The molecule has 3 aromatic rings. The van der Waals surface area contributed by atoms with Crippen molar-refractivity contribution in [3.8, 4) is 0 Å². The first kappa shape index (κ1) is 20.4. The summed E-state index contributed by atoms with van der Waals surface area (Å²) in [6, 6.07) is 11.6. The standard InChI is InChI=1S/C21H21ClN4O3S/c22-17-5-7-18(8-6-17)26(15-16-4-3-9-23-13-16)30(28,29)19-12-20(24-14-19)21(27)25-10-1-2-11-25/h3-9,12-14,24H,1-2,10-11,15H2. The molecule has 1 amide bonds. The zero-order valence-electron chi connectivity index (χ0n) is 16.2. The predicted octanol–water partition coefficient (Wildman–Crippen LogP) is 3.69. The van der Waals surface area contributed by atoms with Gasteiger partial charge in [-0.3, -0.25) is 14.1 Å². The van der Waals surface area contributed by atoms with E-state index in [1.165, 1.54) is 16.6 Å². The van der Waals surface area contributed by atoms with Crippen molar-refractivity contribution in [2.75, 3.05) is 17.4 Å². The normalized spacial score (nSPS) is 14.1. The van der Waals surface area contributed by atoms with Crippen LogP contribution in [0.15, 0.2) is 66.0 Å². The molecule has 1 saturated heterocycles. The fourth-order valence-corrected chi connectivity index (χ4v) is 5.02. The molecular weight excluding hydrogens is 424 g/mol. The van der Waals surface area contributed by atoms with Crippen LogP contribution in [-0.4, -0.2) is 42.3 Å². The quantitative estimate of drug-likeness (QED) is 0.628. The van der Waals surface area contributed by atoms with E-state index in [0.717, 1.165) is 18.4 Å². The van der Waals surface area contributed by atoms with Gasteiger partial charge in [-0.2, -0.15) is 0 Å². The summed E-state index contributed by atoms with van der Waals surface area (Å²) in [6.07, 6.45) is 6.55. The predicted molar refractivity (Wildman–Crippen MR) is 115 cm³/mol. The van der Waals surface area contributed by atoms with Crippen LogP contribution >= 0.6 is 11.6 Å². The van der Waals surface area contributed by atoms with E-state index in [0.29, 0.717) is 23.8 Å². The second-order valence-corrected chi connectivity index (χ2v) is 9.40. The molecule has 1 aliphatic heterocycles.